The van der Waals surface area contributed by atoms with Gasteiger partial charge in [0.2, 0.25) is 0 Å². The van der Waals surface area contributed by atoms with Crippen LogP contribution in [0.1, 0.15) is 41.9 Å². The largest absolute Gasteiger partial charge is 0.484 e. The van der Waals surface area contributed by atoms with E-state index in [1.54, 1.807) is 19.1 Å². The van der Waals surface area contributed by atoms with E-state index in [4.69, 9.17) is 18.6 Å². The van der Waals surface area contributed by atoms with Crippen LogP contribution in [0.15, 0.2) is 45.3 Å². The average molecular weight is 508 g/mol. The standard InChI is InChI=1S/C21H18BrNO7S/c1-11-16(20(25)27-2)19(31-17(11)21(26)28-3)23-18(24)15-9-8-12(30-15)10-29-14-7-5-4-6-13(14)22/h4-9H,10H2,1-3H3,(H,23,24). The molecule has 0 radical (unpaired) electrons. The first-order valence-corrected chi connectivity index (χ1v) is 10.5. The van der Waals surface area contributed by atoms with Crippen LogP contribution in [0.4, 0.5) is 5.00 Å². The van der Waals surface area contributed by atoms with Crippen molar-refractivity contribution in [2.45, 2.75) is 13.5 Å². The minimum absolute atomic E-state index is 0.0206. The molecule has 0 saturated heterocycles. The Labute approximate surface area is 190 Å². The van der Waals surface area contributed by atoms with Gasteiger partial charge in [0.15, 0.2) is 5.76 Å². The second-order valence-electron chi connectivity index (χ2n) is 6.18. The molecule has 2 aromatic heterocycles. The number of halogens is 1. The molecular weight excluding hydrogens is 490 g/mol. The number of hydrogen-bond donors (Lipinski definition) is 1. The summed E-state index contributed by atoms with van der Waals surface area (Å²) in [5.74, 6) is -0.787. The van der Waals surface area contributed by atoms with Gasteiger partial charge < -0.3 is 23.9 Å². The third-order valence-corrected chi connectivity index (χ3v) is 6.07. The van der Waals surface area contributed by atoms with Gasteiger partial charge >= 0.3 is 11.9 Å². The number of hydrogen-bond acceptors (Lipinski definition) is 8. The van der Waals surface area contributed by atoms with Gasteiger partial charge in [0.25, 0.3) is 5.91 Å². The van der Waals surface area contributed by atoms with Gasteiger partial charge in [0.1, 0.15) is 28.0 Å². The number of thiophene rings is 1. The van der Waals surface area contributed by atoms with Crippen molar-refractivity contribution in [1.29, 1.82) is 0 Å². The van der Waals surface area contributed by atoms with E-state index in [9.17, 15) is 14.4 Å². The van der Waals surface area contributed by atoms with Gasteiger partial charge in [-0.05, 0) is 52.7 Å². The number of esters is 2. The molecular formula is C21H18BrNO7S. The fourth-order valence-corrected chi connectivity index (χ4v) is 4.20. The van der Waals surface area contributed by atoms with Gasteiger partial charge in [0, 0.05) is 0 Å². The molecule has 10 heteroatoms. The maximum Gasteiger partial charge on any atom is 0.348 e. The van der Waals surface area contributed by atoms with Crippen molar-refractivity contribution in [1.82, 2.24) is 0 Å². The monoisotopic (exact) mass is 507 g/mol. The minimum atomic E-state index is -0.679. The second kappa shape index (κ2) is 9.80. The first-order chi connectivity index (χ1) is 14.8. The quantitative estimate of drug-likeness (QED) is 0.457. The number of anilines is 1. The van der Waals surface area contributed by atoms with Crippen LogP contribution < -0.4 is 10.1 Å². The van der Waals surface area contributed by atoms with Crippen molar-refractivity contribution < 1.29 is 33.0 Å². The summed E-state index contributed by atoms with van der Waals surface area (Å²) >= 11 is 4.32. The molecule has 0 bridgehead atoms. The van der Waals surface area contributed by atoms with Crippen molar-refractivity contribution in [3.8, 4) is 5.75 Å². The van der Waals surface area contributed by atoms with Gasteiger partial charge in [-0.15, -0.1) is 11.3 Å². The lowest BCUT2D eigenvalue weighted by molar-refractivity contribution is 0.0601. The first kappa shape index (κ1) is 22.6. The highest BCUT2D eigenvalue weighted by molar-refractivity contribution is 9.10. The lowest BCUT2D eigenvalue weighted by Gasteiger charge is -2.06. The van der Waals surface area contributed by atoms with E-state index in [2.05, 4.69) is 21.2 Å². The van der Waals surface area contributed by atoms with Crippen LogP contribution in [0.5, 0.6) is 5.75 Å². The molecule has 0 atom stereocenters. The van der Waals surface area contributed by atoms with Gasteiger partial charge in [-0.25, -0.2) is 9.59 Å². The minimum Gasteiger partial charge on any atom is -0.484 e. The predicted octanol–water partition coefficient (Wildman–Crippen LogP) is 4.82. The van der Waals surface area contributed by atoms with E-state index in [1.807, 2.05) is 18.2 Å². The summed E-state index contributed by atoms with van der Waals surface area (Å²) in [6.45, 7) is 1.70. The van der Waals surface area contributed by atoms with Gasteiger partial charge in [-0.1, -0.05) is 12.1 Å². The maximum absolute atomic E-state index is 12.7. The van der Waals surface area contributed by atoms with Gasteiger partial charge in [-0.2, -0.15) is 0 Å². The Balaban J connectivity index is 1.77. The number of benzene rings is 1. The molecule has 3 rings (SSSR count). The summed E-state index contributed by atoms with van der Waals surface area (Å²) in [4.78, 5) is 37.0. The molecule has 1 aromatic carbocycles. The van der Waals surface area contributed by atoms with E-state index in [0.29, 0.717) is 17.1 Å². The molecule has 1 amide bonds. The van der Waals surface area contributed by atoms with Crippen LogP contribution in [0.3, 0.4) is 0 Å². The highest BCUT2D eigenvalue weighted by Gasteiger charge is 2.27. The van der Waals surface area contributed by atoms with Gasteiger partial charge in [-0.3, -0.25) is 4.79 Å². The summed E-state index contributed by atoms with van der Waals surface area (Å²) in [5, 5.41) is 2.77. The molecule has 0 aliphatic heterocycles. The molecule has 0 aliphatic carbocycles. The molecule has 0 aliphatic rings. The van der Waals surface area contributed by atoms with Crippen LogP contribution in [0.2, 0.25) is 0 Å². The number of carbonyl (C=O) groups is 3. The lowest BCUT2D eigenvalue weighted by Crippen LogP contribution is -2.13. The Morgan fingerprint density at radius 2 is 1.77 bits per heavy atom. The van der Waals surface area contributed by atoms with Gasteiger partial charge in [0.05, 0.1) is 24.3 Å². The summed E-state index contributed by atoms with van der Waals surface area (Å²) < 4.78 is 21.5. The van der Waals surface area contributed by atoms with Crippen LogP contribution >= 0.6 is 27.3 Å². The third-order valence-electron chi connectivity index (χ3n) is 4.23. The molecule has 0 fully saturated rings. The highest BCUT2D eigenvalue weighted by atomic mass is 79.9. The average Bonchev–Trinajstić information content (AvgIpc) is 3.37. The number of carbonyl (C=O) groups excluding carboxylic acids is 3. The molecule has 31 heavy (non-hydrogen) atoms. The fourth-order valence-electron chi connectivity index (χ4n) is 2.69. The molecule has 1 N–H and O–H groups in total. The summed E-state index contributed by atoms with van der Waals surface area (Å²) in [7, 11) is 2.45. The van der Waals surface area contributed by atoms with Crippen molar-refractivity contribution in [3.05, 3.63) is 68.4 Å². The van der Waals surface area contributed by atoms with E-state index in [0.717, 1.165) is 15.8 Å². The highest BCUT2D eigenvalue weighted by Crippen LogP contribution is 2.34. The molecule has 0 saturated carbocycles. The smallest absolute Gasteiger partial charge is 0.348 e. The number of furan rings is 1. The second-order valence-corrected chi connectivity index (χ2v) is 8.06. The Hall–Kier alpha value is -3.11. The molecule has 8 nitrogen and oxygen atoms in total. The van der Waals surface area contributed by atoms with E-state index in [1.165, 1.54) is 20.3 Å². The number of amides is 1. The number of ether oxygens (including phenoxy) is 3. The number of rotatable bonds is 7. The topological polar surface area (TPSA) is 104 Å². The summed E-state index contributed by atoms with van der Waals surface area (Å²) in [6.07, 6.45) is 0. The molecule has 0 unspecified atom stereocenters. The Morgan fingerprint density at radius 1 is 1.06 bits per heavy atom. The normalized spacial score (nSPS) is 10.5. The summed E-state index contributed by atoms with van der Waals surface area (Å²) in [6, 6.07) is 10.5. The van der Waals surface area contributed by atoms with Crippen LogP contribution in [-0.4, -0.2) is 32.1 Å². The first-order valence-electron chi connectivity index (χ1n) is 8.93. The van der Waals surface area contributed by atoms with E-state index < -0.39 is 17.8 Å². The van der Waals surface area contributed by atoms with Crippen molar-refractivity contribution in [3.63, 3.8) is 0 Å². The Morgan fingerprint density at radius 3 is 2.45 bits per heavy atom. The van der Waals surface area contributed by atoms with Crippen LogP contribution in [-0.2, 0) is 16.1 Å². The van der Waals surface area contributed by atoms with Crippen LogP contribution in [0, 0.1) is 6.92 Å². The van der Waals surface area contributed by atoms with Crippen LogP contribution in [0.25, 0.3) is 0 Å². The SMILES string of the molecule is COC(=O)c1sc(NC(=O)c2ccc(COc3ccccc3Br)o2)c(C(=O)OC)c1C. The Kier molecular flexibility index (Phi) is 7.13. The molecule has 3 aromatic rings. The van der Waals surface area contributed by atoms with E-state index in [-0.39, 0.29) is 27.8 Å². The van der Waals surface area contributed by atoms with Crippen molar-refractivity contribution in [2.75, 3.05) is 19.5 Å². The zero-order chi connectivity index (χ0) is 22.5. The molecule has 162 valence electrons. The zero-order valence-corrected chi connectivity index (χ0v) is 19.2. The van der Waals surface area contributed by atoms with Crippen molar-refractivity contribution >= 4 is 50.1 Å². The number of nitrogens with one attached hydrogen (secondary N) is 1. The molecule has 2 heterocycles. The third kappa shape index (κ3) is 4.97. The number of methoxy groups -OCH3 is 2. The predicted molar refractivity (Wildman–Crippen MR) is 117 cm³/mol. The summed E-state index contributed by atoms with van der Waals surface area (Å²) in [5.41, 5.74) is 0.450. The molecule has 0 spiro atoms. The number of para-hydroxylation sites is 1. The fraction of sp³-hybridized carbons (Fsp3) is 0.190. The lowest BCUT2D eigenvalue weighted by atomic mass is 10.1. The Bertz CT molecular complexity index is 1130. The van der Waals surface area contributed by atoms with Crippen molar-refractivity contribution in [2.24, 2.45) is 0 Å². The van der Waals surface area contributed by atoms with E-state index >= 15 is 0 Å². The zero-order valence-electron chi connectivity index (χ0n) is 16.8. The maximum atomic E-state index is 12.7.